The lowest BCUT2D eigenvalue weighted by molar-refractivity contribution is 0.490. The van der Waals surface area contributed by atoms with Gasteiger partial charge in [-0.2, -0.15) is 0 Å². The summed E-state index contributed by atoms with van der Waals surface area (Å²) in [7, 11) is 0. The molecule has 0 aliphatic rings. The Labute approximate surface area is 129 Å². The summed E-state index contributed by atoms with van der Waals surface area (Å²) in [6.45, 7) is 3.03. The standard InChI is InChI=1S/C17H19BrN2/c1-3-5-6-11-16(19-4-2)17-14(18)12-13-9-7-8-10-15(13)20-17/h1,7-10,12,16,19H,4-6,11H2,2H3. The lowest BCUT2D eigenvalue weighted by Gasteiger charge is -2.19. The highest BCUT2D eigenvalue weighted by Gasteiger charge is 2.15. The first-order chi connectivity index (χ1) is 9.76. The second-order valence-electron chi connectivity index (χ2n) is 4.75. The van der Waals surface area contributed by atoms with Gasteiger partial charge in [-0.25, -0.2) is 4.98 Å². The molecule has 0 aliphatic carbocycles. The SMILES string of the molecule is C#CCCCC(NCC)c1nc2ccccc2cc1Br. The second-order valence-corrected chi connectivity index (χ2v) is 5.61. The summed E-state index contributed by atoms with van der Waals surface area (Å²) in [6.07, 6.45) is 8.16. The van der Waals surface area contributed by atoms with Crippen LogP contribution in [0.3, 0.4) is 0 Å². The number of nitrogens with one attached hydrogen (secondary N) is 1. The molecule has 0 saturated carbocycles. The van der Waals surface area contributed by atoms with Gasteiger partial charge in [0.05, 0.1) is 17.3 Å². The van der Waals surface area contributed by atoms with Crippen LogP contribution in [-0.4, -0.2) is 11.5 Å². The van der Waals surface area contributed by atoms with Gasteiger partial charge in [-0.15, -0.1) is 12.3 Å². The average Bonchev–Trinajstić information content (AvgIpc) is 2.46. The summed E-state index contributed by atoms with van der Waals surface area (Å²) in [5.74, 6) is 2.70. The molecule has 1 atom stereocenters. The van der Waals surface area contributed by atoms with Crippen molar-refractivity contribution in [2.24, 2.45) is 0 Å². The van der Waals surface area contributed by atoms with Gasteiger partial charge in [-0.1, -0.05) is 25.1 Å². The molecule has 104 valence electrons. The molecule has 2 aromatic rings. The smallest absolute Gasteiger partial charge is 0.0722 e. The number of hydrogen-bond acceptors (Lipinski definition) is 2. The summed E-state index contributed by atoms with van der Waals surface area (Å²) >= 11 is 3.65. The van der Waals surface area contributed by atoms with Crippen molar-refractivity contribution in [1.29, 1.82) is 0 Å². The van der Waals surface area contributed by atoms with E-state index in [2.05, 4.69) is 52.3 Å². The molecule has 0 bridgehead atoms. The van der Waals surface area contributed by atoms with E-state index in [1.54, 1.807) is 0 Å². The van der Waals surface area contributed by atoms with E-state index in [1.807, 2.05) is 12.1 Å². The number of para-hydroxylation sites is 1. The zero-order valence-electron chi connectivity index (χ0n) is 11.7. The maximum atomic E-state index is 5.34. The molecule has 1 unspecified atom stereocenters. The van der Waals surface area contributed by atoms with E-state index < -0.39 is 0 Å². The molecular formula is C17H19BrN2. The van der Waals surface area contributed by atoms with Gasteiger partial charge in [-0.05, 0) is 47.4 Å². The Hall–Kier alpha value is -1.37. The highest BCUT2D eigenvalue weighted by molar-refractivity contribution is 9.10. The first kappa shape index (κ1) is 15.0. The van der Waals surface area contributed by atoms with Crippen LogP contribution in [0, 0.1) is 12.3 Å². The van der Waals surface area contributed by atoms with Crippen LogP contribution in [0.1, 0.15) is 37.9 Å². The van der Waals surface area contributed by atoms with Crippen LogP contribution in [-0.2, 0) is 0 Å². The van der Waals surface area contributed by atoms with Crippen molar-refractivity contribution in [3.8, 4) is 12.3 Å². The number of terminal acetylenes is 1. The molecule has 1 heterocycles. The minimum absolute atomic E-state index is 0.243. The largest absolute Gasteiger partial charge is 0.309 e. The molecule has 0 radical (unpaired) electrons. The van der Waals surface area contributed by atoms with Crippen molar-refractivity contribution < 1.29 is 0 Å². The van der Waals surface area contributed by atoms with Gasteiger partial charge in [0.15, 0.2) is 0 Å². The van der Waals surface area contributed by atoms with Gasteiger partial charge in [0.2, 0.25) is 0 Å². The molecule has 0 saturated heterocycles. The maximum Gasteiger partial charge on any atom is 0.0722 e. The maximum absolute atomic E-state index is 5.34. The first-order valence-corrected chi connectivity index (χ1v) is 7.77. The lowest BCUT2D eigenvalue weighted by atomic mass is 10.0. The molecule has 0 fully saturated rings. The fourth-order valence-corrected chi connectivity index (χ4v) is 2.95. The van der Waals surface area contributed by atoms with Crippen LogP contribution >= 0.6 is 15.9 Å². The Morgan fingerprint density at radius 1 is 1.40 bits per heavy atom. The summed E-state index contributed by atoms with van der Waals surface area (Å²) in [5.41, 5.74) is 2.10. The van der Waals surface area contributed by atoms with Crippen LogP contribution in [0.5, 0.6) is 0 Å². The Bertz CT molecular complexity index is 616. The summed E-state index contributed by atoms with van der Waals surface area (Å²) in [4.78, 5) is 4.81. The van der Waals surface area contributed by atoms with E-state index in [0.29, 0.717) is 0 Å². The van der Waals surface area contributed by atoms with E-state index in [0.717, 1.165) is 46.9 Å². The third-order valence-corrected chi connectivity index (χ3v) is 3.93. The minimum Gasteiger partial charge on any atom is -0.309 e. The van der Waals surface area contributed by atoms with E-state index in [4.69, 9.17) is 11.4 Å². The van der Waals surface area contributed by atoms with Crippen molar-refractivity contribution in [2.75, 3.05) is 6.54 Å². The molecule has 3 heteroatoms. The van der Waals surface area contributed by atoms with Gasteiger partial charge < -0.3 is 5.32 Å². The number of nitrogens with zero attached hydrogens (tertiary/aromatic N) is 1. The summed E-state index contributed by atoms with van der Waals surface area (Å²) < 4.78 is 1.06. The van der Waals surface area contributed by atoms with Crippen molar-refractivity contribution in [1.82, 2.24) is 10.3 Å². The first-order valence-electron chi connectivity index (χ1n) is 6.98. The molecular weight excluding hydrogens is 312 g/mol. The van der Waals surface area contributed by atoms with Crippen LogP contribution in [0.4, 0.5) is 0 Å². The highest BCUT2D eigenvalue weighted by atomic mass is 79.9. The van der Waals surface area contributed by atoms with E-state index >= 15 is 0 Å². The van der Waals surface area contributed by atoms with Crippen LogP contribution in [0.25, 0.3) is 10.9 Å². The molecule has 0 spiro atoms. The van der Waals surface area contributed by atoms with E-state index in [1.165, 1.54) is 0 Å². The molecule has 2 nitrogen and oxygen atoms in total. The third kappa shape index (κ3) is 3.59. The van der Waals surface area contributed by atoms with Gasteiger partial charge >= 0.3 is 0 Å². The van der Waals surface area contributed by atoms with Crippen molar-refractivity contribution in [2.45, 2.75) is 32.2 Å². The second kappa shape index (κ2) is 7.42. The number of unbranched alkanes of at least 4 members (excludes halogenated alkanes) is 1. The topological polar surface area (TPSA) is 24.9 Å². The lowest BCUT2D eigenvalue weighted by Crippen LogP contribution is -2.22. The number of benzene rings is 1. The van der Waals surface area contributed by atoms with Crippen LogP contribution in [0.2, 0.25) is 0 Å². The molecule has 1 N–H and O–H groups in total. The molecule has 0 aliphatic heterocycles. The highest BCUT2D eigenvalue weighted by Crippen LogP contribution is 2.28. The fraction of sp³-hybridized carbons (Fsp3) is 0.353. The molecule has 20 heavy (non-hydrogen) atoms. The minimum atomic E-state index is 0.243. The molecule has 2 rings (SSSR count). The number of fused-ring (bicyclic) bond motifs is 1. The van der Waals surface area contributed by atoms with Gasteiger partial charge in [-0.3, -0.25) is 0 Å². The zero-order chi connectivity index (χ0) is 14.4. The summed E-state index contributed by atoms with van der Waals surface area (Å²) in [5, 5.41) is 4.66. The quantitative estimate of drug-likeness (QED) is 0.625. The fourth-order valence-electron chi connectivity index (χ4n) is 2.34. The van der Waals surface area contributed by atoms with E-state index in [9.17, 15) is 0 Å². The number of aromatic nitrogens is 1. The number of pyridine rings is 1. The van der Waals surface area contributed by atoms with Gasteiger partial charge in [0.1, 0.15) is 0 Å². The van der Waals surface area contributed by atoms with Crippen molar-refractivity contribution in [3.05, 3.63) is 40.5 Å². The van der Waals surface area contributed by atoms with Crippen LogP contribution in [0.15, 0.2) is 34.8 Å². The Kier molecular flexibility index (Phi) is 5.58. The van der Waals surface area contributed by atoms with Crippen molar-refractivity contribution in [3.63, 3.8) is 0 Å². The zero-order valence-corrected chi connectivity index (χ0v) is 13.3. The number of hydrogen-bond donors (Lipinski definition) is 1. The normalized spacial score (nSPS) is 12.2. The third-order valence-electron chi connectivity index (χ3n) is 3.30. The average molecular weight is 331 g/mol. The monoisotopic (exact) mass is 330 g/mol. The Morgan fingerprint density at radius 2 is 2.20 bits per heavy atom. The van der Waals surface area contributed by atoms with Crippen molar-refractivity contribution >= 4 is 26.8 Å². The predicted octanol–water partition coefficient (Wildman–Crippen LogP) is 4.45. The molecule has 1 aromatic heterocycles. The van der Waals surface area contributed by atoms with Gasteiger partial charge in [0, 0.05) is 16.3 Å². The Morgan fingerprint density at radius 3 is 2.95 bits per heavy atom. The number of rotatable bonds is 6. The van der Waals surface area contributed by atoms with Gasteiger partial charge in [0.25, 0.3) is 0 Å². The van der Waals surface area contributed by atoms with Crippen LogP contribution < -0.4 is 5.32 Å². The molecule has 1 aromatic carbocycles. The van der Waals surface area contributed by atoms with E-state index in [-0.39, 0.29) is 6.04 Å². The number of halogens is 1. The molecule has 0 amide bonds. The summed E-state index contributed by atoms with van der Waals surface area (Å²) in [6, 6.07) is 10.6. The predicted molar refractivity (Wildman–Crippen MR) is 88.5 cm³/mol. The Balaban J connectivity index is 2.31.